The highest BCUT2D eigenvalue weighted by atomic mass is 35.5. The predicted molar refractivity (Wildman–Crippen MR) is 75.5 cm³/mol. The average molecular weight is 301 g/mol. The summed E-state index contributed by atoms with van der Waals surface area (Å²) in [6.45, 7) is 1.25. The van der Waals surface area contributed by atoms with Crippen LogP contribution in [0.1, 0.15) is 19.3 Å². The van der Waals surface area contributed by atoms with E-state index in [0.717, 1.165) is 19.3 Å². The van der Waals surface area contributed by atoms with Gasteiger partial charge in [0, 0.05) is 13.1 Å². The van der Waals surface area contributed by atoms with Crippen molar-refractivity contribution in [3.8, 4) is 0 Å². The third-order valence-corrected chi connectivity index (χ3v) is 3.67. The monoisotopic (exact) mass is 300 g/mol. The molecule has 1 heterocycles. The topological polar surface area (TPSA) is 49.4 Å². The lowest BCUT2D eigenvalue weighted by Gasteiger charge is -2.26. The largest absolute Gasteiger partial charge is 0.334 e. The van der Waals surface area contributed by atoms with Gasteiger partial charge in [0.05, 0.1) is 15.7 Å². The third-order valence-electron chi connectivity index (χ3n) is 3.04. The zero-order valence-corrected chi connectivity index (χ0v) is 11.8. The van der Waals surface area contributed by atoms with Crippen molar-refractivity contribution < 1.29 is 9.59 Å². The zero-order chi connectivity index (χ0) is 13.8. The number of piperidine rings is 1. The molecule has 2 rings (SSSR count). The molecule has 0 unspecified atom stereocenters. The van der Waals surface area contributed by atoms with Gasteiger partial charge in [-0.1, -0.05) is 29.3 Å². The highest BCUT2D eigenvalue weighted by Crippen LogP contribution is 2.29. The molecule has 2 amide bonds. The number of benzene rings is 1. The van der Waals surface area contributed by atoms with Crippen LogP contribution in [0.25, 0.3) is 0 Å². The number of rotatable bonds is 1. The van der Waals surface area contributed by atoms with Gasteiger partial charge in [0.1, 0.15) is 0 Å². The van der Waals surface area contributed by atoms with Gasteiger partial charge in [0.2, 0.25) is 0 Å². The standard InChI is InChI=1S/C13H14Cl2N2O2/c14-9-5-4-6-10(15)11(9)16-12(18)13(19)17-7-2-1-3-8-17/h4-6H,1-3,7-8H2,(H,16,18). The summed E-state index contributed by atoms with van der Waals surface area (Å²) < 4.78 is 0. The molecule has 1 aromatic carbocycles. The maximum Gasteiger partial charge on any atom is 0.313 e. The van der Waals surface area contributed by atoms with Crippen molar-refractivity contribution in [3.63, 3.8) is 0 Å². The van der Waals surface area contributed by atoms with E-state index < -0.39 is 11.8 Å². The number of halogens is 2. The molecule has 0 aromatic heterocycles. The Hall–Kier alpha value is -1.26. The Labute approximate surface area is 121 Å². The Morgan fingerprint density at radius 2 is 1.63 bits per heavy atom. The van der Waals surface area contributed by atoms with E-state index >= 15 is 0 Å². The van der Waals surface area contributed by atoms with Crippen molar-refractivity contribution in [2.24, 2.45) is 0 Å². The molecule has 19 heavy (non-hydrogen) atoms. The number of nitrogens with zero attached hydrogens (tertiary/aromatic N) is 1. The van der Waals surface area contributed by atoms with E-state index in [1.54, 1.807) is 23.1 Å². The van der Waals surface area contributed by atoms with Crippen LogP contribution < -0.4 is 5.32 Å². The number of carbonyl (C=O) groups excluding carboxylic acids is 2. The summed E-state index contributed by atoms with van der Waals surface area (Å²) in [5.74, 6) is -1.23. The van der Waals surface area contributed by atoms with E-state index in [-0.39, 0.29) is 5.69 Å². The normalized spacial score (nSPS) is 15.2. The fourth-order valence-electron chi connectivity index (χ4n) is 2.02. The minimum atomic E-state index is -0.697. The Balaban J connectivity index is 2.06. The first-order valence-corrected chi connectivity index (χ1v) is 6.89. The van der Waals surface area contributed by atoms with Crippen molar-refractivity contribution in [2.75, 3.05) is 18.4 Å². The van der Waals surface area contributed by atoms with Gasteiger partial charge >= 0.3 is 11.8 Å². The molecule has 1 fully saturated rings. The first-order valence-electron chi connectivity index (χ1n) is 6.14. The fourth-order valence-corrected chi connectivity index (χ4v) is 2.52. The number of hydrogen-bond donors (Lipinski definition) is 1. The van der Waals surface area contributed by atoms with E-state index in [2.05, 4.69) is 5.32 Å². The molecule has 1 aliphatic rings. The van der Waals surface area contributed by atoms with Crippen LogP contribution in [0.5, 0.6) is 0 Å². The number of likely N-dealkylation sites (tertiary alicyclic amines) is 1. The first-order chi connectivity index (χ1) is 9.09. The van der Waals surface area contributed by atoms with Gasteiger partial charge in [0.15, 0.2) is 0 Å². The molecule has 0 spiro atoms. The molecule has 0 aliphatic carbocycles. The Morgan fingerprint density at radius 1 is 1.05 bits per heavy atom. The highest BCUT2D eigenvalue weighted by Gasteiger charge is 2.24. The smallest absolute Gasteiger partial charge is 0.313 e. The molecule has 1 aromatic rings. The van der Waals surface area contributed by atoms with Gasteiger partial charge in [-0.3, -0.25) is 9.59 Å². The van der Waals surface area contributed by atoms with Crippen LogP contribution in [0.15, 0.2) is 18.2 Å². The van der Waals surface area contributed by atoms with Crippen molar-refractivity contribution in [2.45, 2.75) is 19.3 Å². The summed E-state index contributed by atoms with van der Waals surface area (Å²) in [6, 6.07) is 4.88. The second-order valence-corrected chi connectivity index (χ2v) is 5.22. The molecule has 4 nitrogen and oxygen atoms in total. The van der Waals surface area contributed by atoms with E-state index in [1.807, 2.05) is 0 Å². The van der Waals surface area contributed by atoms with Gasteiger partial charge in [-0.15, -0.1) is 0 Å². The number of carbonyl (C=O) groups is 2. The van der Waals surface area contributed by atoms with Crippen LogP contribution in [0.4, 0.5) is 5.69 Å². The van der Waals surface area contributed by atoms with Crippen molar-refractivity contribution in [3.05, 3.63) is 28.2 Å². The summed E-state index contributed by atoms with van der Waals surface area (Å²) in [4.78, 5) is 25.4. The summed E-state index contributed by atoms with van der Waals surface area (Å²) in [7, 11) is 0. The molecular weight excluding hydrogens is 287 g/mol. The van der Waals surface area contributed by atoms with Gasteiger partial charge in [-0.05, 0) is 31.4 Å². The SMILES string of the molecule is O=C(Nc1c(Cl)cccc1Cl)C(=O)N1CCCCC1. The Morgan fingerprint density at radius 3 is 2.21 bits per heavy atom. The predicted octanol–water partition coefficient (Wildman–Crippen LogP) is 2.94. The number of nitrogens with one attached hydrogen (secondary N) is 1. The number of amides is 2. The highest BCUT2D eigenvalue weighted by molar-refractivity contribution is 6.44. The second kappa shape index (κ2) is 6.26. The molecule has 102 valence electrons. The minimum Gasteiger partial charge on any atom is -0.334 e. The minimum absolute atomic E-state index is 0.279. The van der Waals surface area contributed by atoms with Crippen LogP contribution in [0, 0.1) is 0 Å². The molecule has 0 bridgehead atoms. The number of para-hydroxylation sites is 1. The van der Waals surface area contributed by atoms with Crippen LogP contribution in [-0.2, 0) is 9.59 Å². The summed E-state index contributed by atoms with van der Waals surface area (Å²) in [5.41, 5.74) is 0.279. The average Bonchev–Trinajstić information content (AvgIpc) is 2.43. The Bertz CT molecular complexity index is 479. The van der Waals surface area contributed by atoms with Crippen molar-refractivity contribution >= 4 is 40.7 Å². The van der Waals surface area contributed by atoms with E-state index in [9.17, 15) is 9.59 Å². The van der Waals surface area contributed by atoms with E-state index in [0.29, 0.717) is 23.1 Å². The molecule has 1 N–H and O–H groups in total. The summed E-state index contributed by atoms with van der Waals surface area (Å²) >= 11 is 11.9. The van der Waals surface area contributed by atoms with Crippen LogP contribution in [0.3, 0.4) is 0 Å². The van der Waals surface area contributed by atoms with E-state index in [4.69, 9.17) is 23.2 Å². The van der Waals surface area contributed by atoms with E-state index in [1.165, 1.54) is 0 Å². The molecular formula is C13H14Cl2N2O2. The van der Waals surface area contributed by atoms with Crippen LogP contribution in [-0.4, -0.2) is 29.8 Å². The quantitative estimate of drug-likeness (QED) is 0.811. The molecule has 0 saturated carbocycles. The molecule has 1 saturated heterocycles. The van der Waals surface area contributed by atoms with Gasteiger partial charge in [-0.25, -0.2) is 0 Å². The number of hydrogen-bond acceptors (Lipinski definition) is 2. The summed E-state index contributed by atoms with van der Waals surface area (Å²) in [6.07, 6.45) is 2.97. The lowest BCUT2D eigenvalue weighted by Crippen LogP contribution is -2.42. The van der Waals surface area contributed by atoms with Crippen LogP contribution in [0.2, 0.25) is 10.0 Å². The van der Waals surface area contributed by atoms with Gasteiger partial charge in [0.25, 0.3) is 0 Å². The fraction of sp³-hybridized carbons (Fsp3) is 0.385. The maximum absolute atomic E-state index is 12.0. The van der Waals surface area contributed by atoms with Crippen LogP contribution >= 0.6 is 23.2 Å². The molecule has 6 heteroatoms. The van der Waals surface area contributed by atoms with Gasteiger partial charge in [-0.2, -0.15) is 0 Å². The van der Waals surface area contributed by atoms with Crippen molar-refractivity contribution in [1.29, 1.82) is 0 Å². The zero-order valence-electron chi connectivity index (χ0n) is 10.3. The molecule has 0 atom stereocenters. The van der Waals surface area contributed by atoms with Crippen molar-refractivity contribution in [1.82, 2.24) is 4.90 Å². The Kier molecular flexibility index (Phi) is 4.66. The second-order valence-electron chi connectivity index (χ2n) is 4.40. The lowest BCUT2D eigenvalue weighted by atomic mass is 10.1. The lowest BCUT2D eigenvalue weighted by molar-refractivity contribution is -0.143. The maximum atomic E-state index is 12.0. The first kappa shape index (κ1) is 14.2. The third kappa shape index (κ3) is 3.39. The molecule has 1 aliphatic heterocycles. The molecule has 0 radical (unpaired) electrons. The number of anilines is 1. The summed E-state index contributed by atoms with van der Waals surface area (Å²) in [5, 5.41) is 3.11. The van der Waals surface area contributed by atoms with Gasteiger partial charge < -0.3 is 10.2 Å².